The van der Waals surface area contributed by atoms with Crippen molar-refractivity contribution in [2.24, 2.45) is 0 Å². The van der Waals surface area contributed by atoms with Gasteiger partial charge < -0.3 is 9.80 Å². The Hall–Kier alpha value is -0.610. The molecule has 1 saturated heterocycles. The number of rotatable bonds is 7. The lowest BCUT2D eigenvalue weighted by Gasteiger charge is -2.24. The first-order valence-corrected chi connectivity index (χ1v) is 7.24. The molecule has 1 fully saturated rings. The van der Waals surface area contributed by atoms with Crippen molar-refractivity contribution in [3.8, 4) is 0 Å². The molecule has 1 rings (SSSR count). The highest BCUT2D eigenvalue weighted by atomic mass is 16.2. The fourth-order valence-corrected chi connectivity index (χ4v) is 2.36. The number of nitrogens with one attached hydrogen (secondary N) is 1. The monoisotopic (exact) mass is 255 g/mol. The zero-order valence-electron chi connectivity index (χ0n) is 12.6. The molecule has 4 heteroatoms. The highest BCUT2D eigenvalue weighted by Gasteiger charge is 2.34. The summed E-state index contributed by atoms with van der Waals surface area (Å²) in [5.74, 6) is 0.263. The second-order valence-electron chi connectivity index (χ2n) is 5.63. The molecule has 0 bridgehead atoms. The average Bonchev–Trinajstić information content (AvgIpc) is 2.61. The molecule has 1 amide bonds. The van der Waals surface area contributed by atoms with Gasteiger partial charge in [-0.25, -0.2) is 0 Å². The molecule has 0 aromatic heterocycles. The molecular formula is C14H29N3O. The van der Waals surface area contributed by atoms with Crippen LogP contribution >= 0.6 is 0 Å². The van der Waals surface area contributed by atoms with Crippen molar-refractivity contribution in [2.75, 3.05) is 20.1 Å². The van der Waals surface area contributed by atoms with Crippen LogP contribution in [0.2, 0.25) is 0 Å². The number of hydrogen-bond donors (Lipinski definition) is 1. The Balaban J connectivity index is 2.28. The van der Waals surface area contributed by atoms with Gasteiger partial charge in [-0.15, -0.1) is 0 Å². The lowest BCUT2D eigenvalue weighted by Crippen LogP contribution is -2.37. The third-order valence-electron chi connectivity index (χ3n) is 3.90. The quantitative estimate of drug-likeness (QED) is 0.703. The van der Waals surface area contributed by atoms with Gasteiger partial charge in [0.2, 0.25) is 5.91 Å². The normalized spacial score (nSPS) is 24.6. The van der Waals surface area contributed by atoms with E-state index in [2.05, 4.69) is 38.0 Å². The zero-order chi connectivity index (χ0) is 13.7. The highest BCUT2D eigenvalue weighted by Crippen LogP contribution is 2.14. The predicted molar refractivity (Wildman–Crippen MR) is 75.4 cm³/mol. The smallest absolute Gasteiger partial charge is 0.240 e. The molecule has 1 heterocycles. The summed E-state index contributed by atoms with van der Waals surface area (Å²) >= 11 is 0. The van der Waals surface area contributed by atoms with Gasteiger partial charge >= 0.3 is 0 Å². The molecule has 0 aliphatic carbocycles. The summed E-state index contributed by atoms with van der Waals surface area (Å²) in [6, 6.07) is 0.594. The maximum Gasteiger partial charge on any atom is 0.240 e. The third-order valence-corrected chi connectivity index (χ3v) is 3.90. The van der Waals surface area contributed by atoms with Crippen molar-refractivity contribution in [1.29, 1.82) is 0 Å². The molecule has 4 nitrogen and oxygen atoms in total. The van der Waals surface area contributed by atoms with E-state index in [4.69, 9.17) is 0 Å². The molecule has 0 aromatic rings. The van der Waals surface area contributed by atoms with E-state index in [9.17, 15) is 4.79 Å². The fraction of sp³-hybridized carbons (Fsp3) is 0.929. The van der Waals surface area contributed by atoms with Crippen LogP contribution in [0.1, 0.15) is 47.0 Å². The van der Waals surface area contributed by atoms with Crippen LogP contribution in [0.25, 0.3) is 0 Å². The average molecular weight is 255 g/mol. The molecule has 2 atom stereocenters. The fourth-order valence-electron chi connectivity index (χ4n) is 2.36. The van der Waals surface area contributed by atoms with Crippen molar-refractivity contribution in [2.45, 2.75) is 65.2 Å². The molecule has 18 heavy (non-hydrogen) atoms. The molecule has 0 spiro atoms. The summed E-state index contributed by atoms with van der Waals surface area (Å²) in [6.07, 6.45) is 3.48. The summed E-state index contributed by atoms with van der Waals surface area (Å²) in [7, 11) is 2.16. The van der Waals surface area contributed by atoms with Gasteiger partial charge in [-0.3, -0.25) is 10.1 Å². The van der Waals surface area contributed by atoms with Crippen LogP contribution in [-0.2, 0) is 4.79 Å². The topological polar surface area (TPSA) is 35.6 Å². The summed E-state index contributed by atoms with van der Waals surface area (Å²) in [4.78, 5) is 16.3. The van der Waals surface area contributed by atoms with Crippen LogP contribution < -0.4 is 5.32 Å². The number of amides is 1. The van der Waals surface area contributed by atoms with Crippen LogP contribution in [0.5, 0.6) is 0 Å². The lowest BCUT2D eigenvalue weighted by molar-refractivity contribution is -0.129. The maximum atomic E-state index is 12.0. The third kappa shape index (κ3) is 3.95. The van der Waals surface area contributed by atoms with E-state index >= 15 is 0 Å². The minimum atomic E-state index is -0.00622. The SMILES string of the molecule is CCC1NC(C)C(=O)N1CCCCN(C)C(C)C. The van der Waals surface area contributed by atoms with Gasteiger partial charge in [0.05, 0.1) is 12.2 Å². The molecule has 1 aliphatic heterocycles. The Labute approximate surface area is 112 Å². The van der Waals surface area contributed by atoms with Gasteiger partial charge in [0.1, 0.15) is 0 Å². The van der Waals surface area contributed by atoms with E-state index in [1.807, 2.05) is 11.8 Å². The molecule has 1 N–H and O–H groups in total. The van der Waals surface area contributed by atoms with Gasteiger partial charge in [-0.2, -0.15) is 0 Å². The van der Waals surface area contributed by atoms with E-state index in [1.54, 1.807) is 0 Å². The number of carbonyl (C=O) groups excluding carboxylic acids is 1. The van der Waals surface area contributed by atoms with Crippen molar-refractivity contribution in [3.63, 3.8) is 0 Å². The summed E-state index contributed by atoms with van der Waals surface area (Å²) in [5.41, 5.74) is 0. The number of hydrogen-bond acceptors (Lipinski definition) is 3. The van der Waals surface area contributed by atoms with E-state index < -0.39 is 0 Å². The van der Waals surface area contributed by atoms with Crippen molar-refractivity contribution in [1.82, 2.24) is 15.1 Å². The van der Waals surface area contributed by atoms with E-state index in [-0.39, 0.29) is 18.1 Å². The Kier molecular flexibility index (Phi) is 6.09. The second-order valence-corrected chi connectivity index (χ2v) is 5.63. The molecule has 0 saturated carbocycles. The maximum absolute atomic E-state index is 12.0. The number of nitrogens with zero attached hydrogens (tertiary/aromatic N) is 2. The van der Waals surface area contributed by atoms with Gasteiger partial charge in [-0.1, -0.05) is 6.92 Å². The Morgan fingerprint density at radius 2 is 2.06 bits per heavy atom. The Bertz CT molecular complexity index is 268. The molecule has 1 aliphatic rings. The summed E-state index contributed by atoms with van der Waals surface area (Å²) in [6.45, 7) is 10.5. The van der Waals surface area contributed by atoms with E-state index in [0.717, 1.165) is 32.4 Å². The minimum absolute atomic E-state index is 0.00622. The standard InChI is InChI=1S/C14H29N3O/c1-6-13-15-12(4)14(18)17(13)10-8-7-9-16(5)11(2)3/h11-13,15H,6-10H2,1-5H3. The molecule has 0 aromatic carbocycles. The summed E-state index contributed by atoms with van der Waals surface area (Å²) < 4.78 is 0. The number of unbranched alkanes of at least 4 members (excludes halogenated alkanes) is 1. The van der Waals surface area contributed by atoms with Crippen molar-refractivity contribution < 1.29 is 4.79 Å². The van der Waals surface area contributed by atoms with Crippen LogP contribution in [-0.4, -0.2) is 54.1 Å². The van der Waals surface area contributed by atoms with Crippen molar-refractivity contribution in [3.05, 3.63) is 0 Å². The van der Waals surface area contributed by atoms with Crippen LogP contribution in [0.4, 0.5) is 0 Å². The van der Waals surface area contributed by atoms with Gasteiger partial charge in [0.25, 0.3) is 0 Å². The largest absolute Gasteiger partial charge is 0.326 e. The van der Waals surface area contributed by atoms with E-state index in [0.29, 0.717) is 6.04 Å². The zero-order valence-corrected chi connectivity index (χ0v) is 12.6. The summed E-state index contributed by atoms with van der Waals surface area (Å²) in [5, 5.41) is 3.34. The van der Waals surface area contributed by atoms with Crippen LogP contribution in [0.15, 0.2) is 0 Å². The first-order chi connectivity index (χ1) is 8.47. The van der Waals surface area contributed by atoms with Gasteiger partial charge in [0.15, 0.2) is 0 Å². The first kappa shape index (κ1) is 15.4. The van der Waals surface area contributed by atoms with Crippen LogP contribution in [0, 0.1) is 0 Å². The first-order valence-electron chi connectivity index (χ1n) is 7.24. The number of carbonyl (C=O) groups is 1. The molecule has 2 unspecified atom stereocenters. The minimum Gasteiger partial charge on any atom is -0.326 e. The Morgan fingerprint density at radius 1 is 1.39 bits per heavy atom. The molecule has 106 valence electrons. The van der Waals surface area contributed by atoms with E-state index in [1.165, 1.54) is 0 Å². The lowest BCUT2D eigenvalue weighted by atomic mass is 10.2. The Morgan fingerprint density at radius 3 is 2.61 bits per heavy atom. The molecular weight excluding hydrogens is 226 g/mol. The second kappa shape index (κ2) is 7.10. The van der Waals surface area contributed by atoms with Crippen LogP contribution in [0.3, 0.4) is 0 Å². The molecule has 0 radical (unpaired) electrons. The van der Waals surface area contributed by atoms with Gasteiger partial charge in [-0.05, 0) is 53.6 Å². The van der Waals surface area contributed by atoms with Crippen molar-refractivity contribution >= 4 is 5.91 Å². The van der Waals surface area contributed by atoms with Gasteiger partial charge in [0, 0.05) is 12.6 Å². The highest BCUT2D eigenvalue weighted by molar-refractivity contribution is 5.83. The predicted octanol–water partition coefficient (Wildman–Crippen LogP) is 1.66.